The highest BCUT2D eigenvalue weighted by Crippen LogP contribution is 2.15. The molecule has 1 aliphatic heterocycles. The van der Waals surface area contributed by atoms with Crippen molar-refractivity contribution in [3.05, 3.63) is 17.8 Å². The van der Waals surface area contributed by atoms with Crippen LogP contribution in [0.4, 0.5) is 0 Å². The standard InChI is InChI=1S/C10H17N3O/c11-3-1-9-7-13-10(14-9)5-8-2-4-12-6-8/h7-8,12H,1-6,11H2. The second kappa shape index (κ2) is 4.57. The van der Waals surface area contributed by atoms with Gasteiger partial charge in [-0.3, -0.25) is 0 Å². The van der Waals surface area contributed by atoms with E-state index >= 15 is 0 Å². The van der Waals surface area contributed by atoms with Crippen LogP contribution in [0.1, 0.15) is 18.1 Å². The van der Waals surface area contributed by atoms with Crippen molar-refractivity contribution in [3.8, 4) is 0 Å². The summed E-state index contributed by atoms with van der Waals surface area (Å²) in [7, 11) is 0. The molecular formula is C10H17N3O. The number of aromatic nitrogens is 1. The average Bonchev–Trinajstić information content (AvgIpc) is 2.79. The Morgan fingerprint density at radius 1 is 1.64 bits per heavy atom. The number of nitrogens with zero attached hydrogens (tertiary/aromatic N) is 1. The van der Waals surface area contributed by atoms with Crippen molar-refractivity contribution in [1.82, 2.24) is 10.3 Å². The third-order valence-corrected chi connectivity index (χ3v) is 2.62. The van der Waals surface area contributed by atoms with Crippen LogP contribution in [0.5, 0.6) is 0 Å². The Morgan fingerprint density at radius 3 is 3.29 bits per heavy atom. The van der Waals surface area contributed by atoms with Gasteiger partial charge in [-0.1, -0.05) is 0 Å². The normalized spacial score (nSPS) is 21.6. The third kappa shape index (κ3) is 2.33. The number of hydrogen-bond acceptors (Lipinski definition) is 4. The van der Waals surface area contributed by atoms with Gasteiger partial charge in [0.2, 0.25) is 0 Å². The Bertz CT molecular complexity index is 279. The van der Waals surface area contributed by atoms with Crippen molar-refractivity contribution in [2.24, 2.45) is 11.7 Å². The molecule has 3 N–H and O–H groups in total. The van der Waals surface area contributed by atoms with Gasteiger partial charge >= 0.3 is 0 Å². The lowest BCUT2D eigenvalue weighted by Gasteiger charge is -2.03. The summed E-state index contributed by atoms with van der Waals surface area (Å²) in [5.74, 6) is 2.47. The van der Waals surface area contributed by atoms with Crippen LogP contribution in [-0.2, 0) is 12.8 Å². The predicted octanol–water partition coefficient (Wildman–Crippen LogP) is 0.328. The topological polar surface area (TPSA) is 64.1 Å². The summed E-state index contributed by atoms with van der Waals surface area (Å²) in [6.07, 6.45) is 4.77. The lowest BCUT2D eigenvalue weighted by molar-refractivity contribution is 0.418. The van der Waals surface area contributed by atoms with Crippen LogP contribution in [0.15, 0.2) is 10.6 Å². The molecule has 2 heterocycles. The highest BCUT2D eigenvalue weighted by atomic mass is 16.4. The van der Waals surface area contributed by atoms with Gasteiger partial charge in [-0.05, 0) is 32.0 Å². The maximum absolute atomic E-state index is 5.57. The van der Waals surface area contributed by atoms with E-state index in [0.717, 1.165) is 37.6 Å². The molecule has 1 saturated heterocycles. The Labute approximate surface area is 83.9 Å². The average molecular weight is 195 g/mol. The van der Waals surface area contributed by atoms with Gasteiger partial charge in [-0.25, -0.2) is 4.98 Å². The van der Waals surface area contributed by atoms with Crippen molar-refractivity contribution < 1.29 is 4.42 Å². The fourth-order valence-electron chi connectivity index (χ4n) is 1.84. The van der Waals surface area contributed by atoms with Gasteiger partial charge in [0, 0.05) is 12.8 Å². The van der Waals surface area contributed by atoms with Crippen LogP contribution >= 0.6 is 0 Å². The molecule has 2 rings (SSSR count). The van der Waals surface area contributed by atoms with Crippen molar-refractivity contribution in [1.29, 1.82) is 0 Å². The SMILES string of the molecule is NCCc1cnc(CC2CCNC2)o1. The Hall–Kier alpha value is -0.870. The third-order valence-electron chi connectivity index (χ3n) is 2.62. The molecule has 0 radical (unpaired) electrons. The van der Waals surface area contributed by atoms with Gasteiger partial charge < -0.3 is 15.5 Å². The summed E-state index contributed by atoms with van der Waals surface area (Å²) in [4.78, 5) is 4.25. The lowest BCUT2D eigenvalue weighted by Crippen LogP contribution is -2.10. The molecule has 4 heteroatoms. The molecule has 14 heavy (non-hydrogen) atoms. The summed E-state index contributed by atoms with van der Waals surface area (Å²) in [6.45, 7) is 2.84. The molecule has 0 saturated carbocycles. The molecule has 0 spiro atoms. The molecule has 1 aromatic rings. The van der Waals surface area contributed by atoms with Gasteiger partial charge in [0.15, 0.2) is 5.89 Å². The van der Waals surface area contributed by atoms with E-state index in [1.807, 2.05) is 0 Å². The Balaban J connectivity index is 1.88. The summed E-state index contributed by atoms with van der Waals surface area (Å²) in [5, 5.41) is 3.34. The molecule has 0 bridgehead atoms. The van der Waals surface area contributed by atoms with E-state index < -0.39 is 0 Å². The Morgan fingerprint density at radius 2 is 2.57 bits per heavy atom. The van der Waals surface area contributed by atoms with Crippen LogP contribution in [0.25, 0.3) is 0 Å². The predicted molar refractivity (Wildman–Crippen MR) is 53.9 cm³/mol. The Kier molecular flexibility index (Phi) is 3.16. The molecule has 1 unspecified atom stereocenters. The smallest absolute Gasteiger partial charge is 0.194 e. The van der Waals surface area contributed by atoms with Crippen LogP contribution in [0, 0.1) is 5.92 Å². The fraction of sp³-hybridized carbons (Fsp3) is 0.700. The number of hydrogen-bond donors (Lipinski definition) is 2. The molecule has 0 aliphatic carbocycles. The largest absolute Gasteiger partial charge is 0.446 e. The zero-order valence-corrected chi connectivity index (χ0v) is 8.33. The maximum Gasteiger partial charge on any atom is 0.194 e. The van der Waals surface area contributed by atoms with E-state index in [1.165, 1.54) is 6.42 Å². The molecule has 0 aromatic carbocycles. The second-order valence-electron chi connectivity index (χ2n) is 3.82. The quantitative estimate of drug-likeness (QED) is 0.726. The molecule has 0 amide bonds. The fourth-order valence-corrected chi connectivity index (χ4v) is 1.84. The molecule has 4 nitrogen and oxygen atoms in total. The molecule has 78 valence electrons. The summed E-state index contributed by atoms with van der Waals surface area (Å²) < 4.78 is 5.57. The molecule has 1 fully saturated rings. The second-order valence-corrected chi connectivity index (χ2v) is 3.82. The zero-order valence-electron chi connectivity index (χ0n) is 8.33. The van der Waals surface area contributed by atoms with Crippen LogP contribution in [0.2, 0.25) is 0 Å². The number of rotatable bonds is 4. The van der Waals surface area contributed by atoms with Gasteiger partial charge in [0.25, 0.3) is 0 Å². The number of nitrogens with two attached hydrogens (primary N) is 1. The van der Waals surface area contributed by atoms with Gasteiger partial charge in [-0.15, -0.1) is 0 Å². The van der Waals surface area contributed by atoms with E-state index in [2.05, 4.69) is 10.3 Å². The molecule has 1 aliphatic rings. The maximum atomic E-state index is 5.57. The van der Waals surface area contributed by atoms with Crippen molar-refractivity contribution in [2.75, 3.05) is 19.6 Å². The zero-order chi connectivity index (χ0) is 9.80. The number of oxazole rings is 1. The first-order valence-electron chi connectivity index (χ1n) is 5.23. The summed E-state index contributed by atoms with van der Waals surface area (Å²) in [5.41, 5.74) is 5.44. The van der Waals surface area contributed by atoms with Crippen LogP contribution in [-0.4, -0.2) is 24.6 Å². The minimum atomic E-state index is 0.625. The van der Waals surface area contributed by atoms with E-state index in [4.69, 9.17) is 10.2 Å². The first kappa shape index (κ1) is 9.68. The van der Waals surface area contributed by atoms with Gasteiger partial charge in [0.05, 0.1) is 6.20 Å². The van der Waals surface area contributed by atoms with Crippen LogP contribution < -0.4 is 11.1 Å². The minimum Gasteiger partial charge on any atom is -0.446 e. The molecule has 1 aromatic heterocycles. The van der Waals surface area contributed by atoms with Crippen molar-refractivity contribution in [2.45, 2.75) is 19.3 Å². The van der Waals surface area contributed by atoms with E-state index in [1.54, 1.807) is 6.20 Å². The van der Waals surface area contributed by atoms with Crippen molar-refractivity contribution in [3.63, 3.8) is 0 Å². The summed E-state index contributed by atoms with van der Waals surface area (Å²) in [6, 6.07) is 0. The molecular weight excluding hydrogens is 178 g/mol. The monoisotopic (exact) mass is 195 g/mol. The highest BCUT2D eigenvalue weighted by Gasteiger charge is 2.17. The first-order chi connectivity index (χ1) is 6.88. The first-order valence-corrected chi connectivity index (χ1v) is 5.23. The van der Waals surface area contributed by atoms with E-state index in [9.17, 15) is 0 Å². The van der Waals surface area contributed by atoms with E-state index in [0.29, 0.717) is 12.5 Å². The van der Waals surface area contributed by atoms with E-state index in [-0.39, 0.29) is 0 Å². The van der Waals surface area contributed by atoms with Crippen LogP contribution in [0.3, 0.4) is 0 Å². The number of nitrogens with one attached hydrogen (secondary N) is 1. The highest BCUT2D eigenvalue weighted by molar-refractivity contribution is 4.96. The lowest BCUT2D eigenvalue weighted by atomic mass is 10.1. The molecule has 1 atom stereocenters. The van der Waals surface area contributed by atoms with Gasteiger partial charge in [-0.2, -0.15) is 0 Å². The van der Waals surface area contributed by atoms with Gasteiger partial charge in [0.1, 0.15) is 5.76 Å². The summed E-state index contributed by atoms with van der Waals surface area (Å²) >= 11 is 0. The minimum absolute atomic E-state index is 0.625. The van der Waals surface area contributed by atoms with Crippen molar-refractivity contribution >= 4 is 0 Å².